The highest BCUT2D eigenvalue weighted by Crippen LogP contribution is 2.33. The van der Waals surface area contributed by atoms with E-state index in [1.165, 1.54) is 35.8 Å². The second kappa shape index (κ2) is 8.23. The van der Waals surface area contributed by atoms with Crippen molar-refractivity contribution in [2.75, 3.05) is 13.1 Å². The molecule has 0 aliphatic carbocycles. The van der Waals surface area contributed by atoms with Crippen LogP contribution in [-0.2, 0) is 16.1 Å². The van der Waals surface area contributed by atoms with E-state index in [0.29, 0.717) is 21.6 Å². The third kappa shape index (κ3) is 5.04. The minimum atomic E-state index is -4.64. The van der Waals surface area contributed by atoms with E-state index in [-0.39, 0.29) is 10.7 Å². The fraction of sp³-hybridized carbons (Fsp3) is 0.235. The van der Waals surface area contributed by atoms with Crippen molar-refractivity contribution in [1.29, 1.82) is 0 Å². The zero-order valence-corrected chi connectivity index (χ0v) is 15.8. The Morgan fingerprint density at radius 1 is 1.25 bits per heavy atom. The van der Waals surface area contributed by atoms with Crippen LogP contribution in [0.3, 0.4) is 0 Å². The number of thiophene rings is 1. The summed E-state index contributed by atoms with van der Waals surface area (Å²) in [5.41, 5.74) is 0. The van der Waals surface area contributed by atoms with Crippen LogP contribution in [0.1, 0.15) is 10.6 Å². The van der Waals surface area contributed by atoms with Gasteiger partial charge in [-0.05, 0) is 41.4 Å². The summed E-state index contributed by atoms with van der Waals surface area (Å²) in [5.74, 6) is -1.56. The second-order valence-corrected chi connectivity index (χ2v) is 7.70. The highest BCUT2D eigenvalue weighted by atomic mass is 32.2. The third-order valence-corrected chi connectivity index (χ3v) is 5.36. The van der Waals surface area contributed by atoms with Gasteiger partial charge in [0.15, 0.2) is 0 Å². The lowest BCUT2D eigenvalue weighted by atomic mass is 10.3. The highest BCUT2D eigenvalue weighted by Gasteiger charge is 2.39. The van der Waals surface area contributed by atoms with Crippen LogP contribution in [0.5, 0.6) is 0 Å². The van der Waals surface area contributed by atoms with Crippen LogP contribution < -0.4 is 0 Å². The van der Waals surface area contributed by atoms with E-state index < -0.39 is 42.9 Å². The molecule has 0 aromatic carbocycles. The number of nitrogens with zero attached hydrogens (tertiary/aromatic N) is 2. The number of imide groups is 1. The molecular weight excluding hydrogens is 417 g/mol. The van der Waals surface area contributed by atoms with E-state index >= 15 is 0 Å². The minimum Gasteiger partial charge on any atom is -0.467 e. The Morgan fingerprint density at radius 3 is 2.64 bits per heavy atom. The second-order valence-electron chi connectivity index (χ2n) is 5.73. The molecule has 28 heavy (non-hydrogen) atoms. The first-order valence-electron chi connectivity index (χ1n) is 7.89. The number of furan rings is 1. The Kier molecular flexibility index (Phi) is 5.94. The van der Waals surface area contributed by atoms with E-state index in [1.807, 2.05) is 0 Å². The number of hydrogen-bond donors (Lipinski definition) is 0. The fourth-order valence-corrected chi connectivity index (χ4v) is 3.97. The first-order chi connectivity index (χ1) is 13.2. The van der Waals surface area contributed by atoms with Gasteiger partial charge in [0.05, 0.1) is 17.7 Å². The van der Waals surface area contributed by atoms with Crippen LogP contribution in [0.2, 0.25) is 0 Å². The van der Waals surface area contributed by atoms with Crippen molar-refractivity contribution in [2.45, 2.75) is 12.7 Å². The summed E-state index contributed by atoms with van der Waals surface area (Å²) in [7, 11) is 0. The van der Waals surface area contributed by atoms with Crippen LogP contribution >= 0.6 is 23.1 Å². The van der Waals surface area contributed by atoms with Gasteiger partial charge in [0, 0.05) is 4.88 Å². The van der Waals surface area contributed by atoms with Gasteiger partial charge in [-0.25, -0.2) is 0 Å². The molecule has 3 rings (SSSR count). The molecule has 0 N–H and O–H groups in total. The van der Waals surface area contributed by atoms with E-state index in [9.17, 15) is 27.6 Å². The molecule has 11 heteroatoms. The molecule has 1 fully saturated rings. The first kappa shape index (κ1) is 20.2. The Morgan fingerprint density at radius 2 is 2.04 bits per heavy atom. The Labute approximate surface area is 165 Å². The molecule has 0 atom stereocenters. The smallest absolute Gasteiger partial charge is 0.406 e. The summed E-state index contributed by atoms with van der Waals surface area (Å²) in [4.78, 5) is 39.0. The molecule has 0 spiro atoms. The Bertz CT molecular complexity index is 892. The Hall–Kier alpha value is -2.53. The normalized spacial score (nSPS) is 16.2. The molecule has 0 saturated carbocycles. The van der Waals surface area contributed by atoms with Gasteiger partial charge >= 0.3 is 6.18 Å². The summed E-state index contributed by atoms with van der Waals surface area (Å²) in [6, 6.07) is 6.43. The monoisotopic (exact) mass is 430 g/mol. The average Bonchev–Trinajstić information content (AvgIpc) is 3.34. The molecule has 1 aliphatic heterocycles. The van der Waals surface area contributed by atoms with E-state index in [2.05, 4.69) is 0 Å². The molecular formula is C17H13F3N2O4S2. The van der Waals surface area contributed by atoms with Gasteiger partial charge in [-0.3, -0.25) is 19.3 Å². The number of rotatable bonds is 6. The quantitative estimate of drug-likeness (QED) is 0.649. The number of hydrogen-bond acceptors (Lipinski definition) is 6. The summed E-state index contributed by atoms with van der Waals surface area (Å²) >= 11 is 2.01. The first-order valence-corrected chi connectivity index (χ1v) is 9.58. The number of thioether (sulfide) groups is 1. The summed E-state index contributed by atoms with van der Waals surface area (Å²) in [5, 5.41) is 1.09. The lowest BCUT2D eigenvalue weighted by molar-refractivity contribution is -0.163. The van der Waals surface area contributed by atoms with Gasteiger partial charge in [0.25, 0.3) is 11.1 Å². The van der Waals surface area contributed by atoms with Crippen LogP contribution in [0, 0.1) is 0 Å². The minimum absolute atomic E-state index is 0.119. The van der Waals surface area contributed by atoms with Crippen molar-refractivity contribution in [3.8, 4) is 0 Å². The molecule has 0 radical (unpaired) electrons. The van der Waals surface area contributed by atoms with Crippen molar-refractivity contribution >= 4 is 46.2 Å². The predicted molar refractivity (Wildman–Crippen MR) is 97.2 cm³/mol. The van der Waals surface area contributed by atoms with E-state index in [4.69, 9.17) is 4.42 Å². The average molecular weight is 430 g/mol. The number of carbonyl (C=O) groups is 3. The Balaban J connectivity index is 1.73. The molecule has 0 bridgehead atoms. The van der Waals surface area contributed by atoms with Crippen molar-refractivity contribution in [3.05, 3.63) is 51.5 Å². The highest BCUT2D eigenvalue weighted by molar-refractivity contribution is 8.18. The van der Waals surface area contributed by atoms with Gasteiger partial charge < -0.3 is 9.32 Å². The standard InChI is InChI=1S/C17H13F3N2O4S2/c18-17(19,20)10-21(8-11-3-1-5-26-11)14(23)9-22-15(24)13(28-16(22)25)7-12-4-2-6-27-12/h1-7H,8-10H2. The molecule has 1 saturated heterocycles. The molecule has 3 heterocycles. The number of carbonyl (C=O) groups excluding carboxylic acids is 3. The molecule has 1 aliphatic rings. The van der Waals surface area contributed by atoms with Gasteiger partial charge in [0.2, 0.25) is 5.91 Å². The van der Waals surface area contributed by atoms with Crippen molar-refractivity contribution in [1.82, 2.24) is 9.80 Å². The lowest BCUT2D eigenvalue weighted by Crippen LogP contribution is -2.45. The number of amides is 3. The van der Waals surface area contributed by atoms with Crippen molar-refractivity contribution < 1.29 is 32.0 Å². The van der Waals surface area contributed by atoms with Crippen molar-refractivity contribution in [3.63, 3.8) is 0 Å². The molecule has 6 nitrogen and oxygen atoms in total. The third-order valence-electron chi connectivity index (χ3n) is 3.63. The number of alkyl halides is 3. The SMILES string of the molecule is O=C(CN1C(=O)SC(=Cc2cccs2)C1=O)N(Cc1ccco1)CC(F)(F)F. The van der Waals surface area contributed by atoms with Crippen molar-refractivity contribution in [2.24, 2.45) is 0 Å². The largest absolute Gasteiger partial charge is 0.467 e. The van der Waals surface area contributed by atoms with Crippen LogP contribution in [-0.4, -0.2) is 46.1 Å². The number of halogens is 3. The fourth-order valence-electron chi connectivity index (χ4n) is 2.41. The zero-order chi connectivity index (χ0) is 20.3. The summed E-state index contributed by atoms with van der Waals surface area (Å²) in [6.45, 7) is -2.72. The molecule has 2 aromatic heterocycles. The summed E-state index contributed by atoms with van der Waals surface area (Å²) < 4.78 is 43.5. The maximum absolute atomic E-state index is 12.9. The van der Waals surface area contributed by atoms with Gasteiger partial charge in [0.1, 0.15) is 18.8 Å². The summed E-state index contributed by atoms with van der Waals surface area (Å²) in [6.07, 6.45) is -1.85. The lowest BCUT2D eigenvalue weighted by Gasteiger charge is -2.24. The topological polar surface area (TPSA) is 70.8 Å². The zero-order valence-electron chi connectivity index (χ0n) is 14.1. The van der Waals surface area contributed by atoms with Crippen LogP contribution in [0.25, 0.3) is 6.08 Å². The van der Waals surface area contributed by atoms with Crippen LogP contribution in [0.15, 0.2) is 45.2 Å². The van der Waals surface area contributed by atoms with Gasteiger partial charge in [-0.2, -0.15) is 13.2 Å². The molecule has 0 unspecified atom stereocenters. The van der Waals surface area contributed by atoms with Gasteiger partial charge in [-0.15, -0.1) is 11.3 Å². The van der Waals surface area contributed by atoms with E-state index in [1.54, 1.807) is 17.5 Å². The molecule has 148 valence electrons. The van der Waals surface area contributed by atoms with E-state index in [0.717, 1.165) is 4.88 Å². The predicted octanol–water partition coefficient (Wildman–Crippen LogP) is 3.97. The van der Waals surface area contributed by atoms with Gasteiger partial charge in [-0.1, -0.05) is 6.07 Å². The maximum atomic E-state index is 12.9. The molecule has 2 aromatic rings. The van der Waals surface area contributed by atoms with Crippen LogP contribution in [0.4, 0.5) is 18.0 Å². The maximum Gasteiger partial charge on any atom is 0.406 e. The molecule has 3 amide bonds.